The monoisotopic (exact) mass is 397 g/mol. The Labute approximate surface area is 171 Å². The second kappa shape index (κ2) is 8.55. The van der Waals surface area contributed by atoms with Crippen LogP contribution in [0.2, 0.25) is 0 Å². The van der Waals surface area contributed by atoms with E-state index < -0.39 is 11.6 Å². The van der Waals surface area contributed by atoms with E-state index in [1.165, 1.54) is 0 Å². The number of ether oxygens (including phenoxy) is 2. The average molecular weight is 397 g/mol. The van der Waals surface area contributed by atoms with E-state index in [0.29, 0.717) is 13.1 Å². The Morgan fingerprint density at radius 3 is 1.93 bits per heavy atom. The van der Waals surface area contributed by atoms with Gasteiger partial charge in [0.05, 0.1) is 5.56 Å². The third kappa shape index (κ3) is 5.73. The fourth-order valence-corrected chi connectivity index (χ4v) is 3.21. The van der Waals surface area contributed by atoms with Gasteiger partial charge < -0.3 is 19.5 Å². The Balaban J connectivity index is 1.53. The summed E-state index contributed by atoms with van der Waals surface area (Å²) >= 11 is 0. The Morgan fingerprint density at radius 2 is 1.45 bits per heavy atom. The van der Waals surface area contributed by atoms with Crippen LogP contribution in [0.4, 0.5) is 4.79 Å². The number of rotatable bonds is 4. The molecule has 1 fully saturated rings. The lowest BCUT2D eigenvalue weighted by Gasteiger charge is -2.33. The van der Waals surface area contributed by atoms with Crippen molar-refractivity contribution in [3.8, 4) is 16.9 Å². The molecule has 0 aliphatic carbocycles. The van der Waals surface area contributed by atoms with Gasteiger partial charge in [-0.25, -0.2) is 9.59 Å². The maximum Gasteiger partial charge on any atom is 0.410 e. The van der Waals surface area contributed by atoms with Crippen LogP contribution >= 0.6 is 0 Å². The number of hydrogen-bond donors (Lipinski definition) is 1. The number of carbonyl (C=O) groups excluding carboxylic acids is 1. The summed E-state index contributed by atoms with van der Waals surface area (Å²) in [5, 5.41) is 8.99. The maximum atomic E-state index is 12.1. The molecule has 0 radical (unpaired) electrons. The zero-order valence-electron chi connectivity index (χ0n) is 17.1. The number of carboxylic acid groups (broad SMARTS) is 1. The molecule has 1 N–H and O–H groups in total. The fourth-order valence-electron chi connectivity index (χ4n) is 3.21. The van der Waals surface area contributed by atoms with Gasteiger partial charge in [0.2, 0.25) is 0 Å². The van der Waals surface area contributed by atoms with Gasteiger partial charge >= 0.3 is 12.1 Å². The van der Waals surface area contributed by atoms with Crippen molar-refractivity contribution in [3.05, 3.63) is 54.1 Å². The molecule has 154 valence electrons. The van der Waals surface area contributed by atoms with E-state index in [4.69, 9.17) is 14.6 Å². The first-order valence-electron chi connectivity index (χ1n) is 9.80. The fraction of sp³-hybridized carbons (Fsp3) is 0.391. The zero-order chi connectivity index (χ0) is 21.0. The molecular weight excluding hydrogens is 370 g/mol. The summed E-state index contributed by atoms with van der Waals surface area (Å²) < 4.78 is 11.5. The second-order valence-electron chi connectivity index (χ2n) is 8.19. The molecule has 1 heterocycles. The smallest absolute Gasteiger partial charge is 0.410 e. The summed E-state index contributed by atoms with van der Waals surface area (Å²) in [5.41, 5.74) is 1.73. The van der Waals surface area contributed by atoms with Crippen LogP contribution in [0.5, 0.6) is 5.75 Å². The van der Waals surface area contributed by atoms with Gasteiger partial charge in [-0.2, -0.15) is 0 Å². The predicted octanol–water partition coefficient (Wildman–Crippen LogP) is 4.83. The third-order valence-corrected chi connectivity index (χ3v) is 4.72. The van der Waals surface area contributed by atoms with Crippen molar-refractivity contribution in [3.63, 3.8) is 0 Å². The molecule has 3 rings (SSSR count). The van der Waals surface area contributed by atoms with E-state index in [1.807, 2.05) is 45.0 Å². The SMILES string of the molecule is CC(C)(C)OC(=O)N1CCC(Oc2ccc(-c3ccc(C(=O)O)cc3)cc2)CC1. The minimum atomic E-state index is -0.932. The van der Waals surface area contributed by atoms with Crippen molar-refractivity contribution in [2.75, 3.05) is 13.1 Å². The second-order valence-corrected chi connectivity index (χ2v) is 8.19. The van der Waals surface area contributed by atoms with Crippen molar-refractivity contribution >= 4 is 12.1 Å². The van der Waals surface area contributed by atoms with Crippen LogP contribution in [0.1, 0.15) is 44.0 Å². The van der Waals surface area contributed by atoms with Gasteiger partial charge in [-0.1, -0.05) is 24.3 Å². The molecule has 0 bridgehead atoms. The largest absolute Gasteiger partial charge is 0.490 e. The Bertz CT molecular complexity index is 844. The van der Waals surface area contributed by atoms with Gasteiger partial charge in [0.15, 0.2) is 0 Å². The molecule has 1 saturated heterocycles. The lowest BCUT2D eigenvalue weighted by molar-refractivity contribution is 0.0126. The van der Waals surface area contributed by atoms with Crippen LogP contribution in [0.15, 0.2) is 48.5 Å². The highest BCUT2D eigenvalue weighted by Crippen LogP contribution is 2.25. The standard InChI is InChI=1S/C23H27NO5/c1-23(2,3)29-22(27)24-14-12-20(13-15-24)28-19-10-8-17(9-11-19)16-4-6-18(7-5-16)21(25)26/h4-11,20H,12-15H2,1-3H3,(H,25,26). The third-order valence-electron chi connectivity index (χ3n) is 4.72. The van der Waals surface area contributed by atoms with Gasteiger partial charge in [0, 0.05) is 25.9 Å². The molecule has 1 aliphatic rings. The topological polar surface area (TPSA) is 76.1 Å². The van der Waals surface area contributed by atoms with Gasteiger partial charge in [-0.15, -0.1) is 0 Å². The van der Waals surface area contributed by atoms with E-state index in [0.717, 1.165) is 29.7 Å². The van der Waals surface area contributed by atoms with Gasteiger partial charge in [0.25, 0.3) is 0 Å². The van der Waals surface area contributed by atoms with E-state index in [9.17, 15) is 9.59 Å². The summed E-state index contributed by atoms with van der Waals surface area (Å²) in [4.78, 5) is 24.8. The van der Waals surface area contributed by atoms with Crippen LogP contribution in [0, 0.1) is 0 Å². The summed E-state index contributed by atoms with van der Waals surface area (Å²) in [6.45, 7) is 6.84. The number of piperidine rings is 1. The molecule has 1 aliphatic heterocycles. The molecule has 6 heteroatoms. The number of aromatic carboxylic acids is 1. The average Bonchev–Trinajstić information content (AvgIpc) is 2.68. The number of likely N-dealkylation sites (tertiary alicyclic amines) is 1. The van der Waals surface area contributed by atoms with Crippen molar-refractivity contribution in [1.29, 1.82) is 0 Å². The molecule has 2 aromatic rings. The molecule has 0 unspecified atom stereocenters. The molecule has 6 nitrogen and oxygen atoms in total. The van der Waals surface area contributed by atoms with Crippen molar-refractivity contribution in [2.45, 2.75) is 45.3 Å². The van der Waals surface area contributed by atoms with E-state index in [2.05, 4.69) is 0 Å². The van der Waals surface area contributed by atoms with Crippen molar-refractivity contribution in [2.24, 2.45) is 0 Å². The highest BCUT2D eigenvalue weighted by Gasteiger charge is 2.27. The van der Waals surface area contributed by atoms with Gasteiger partial charge in [0.1, 0.15) is 17.5 Å². The lowest BCUT2D eigenvalue weighted by Crippen LogP contribution is -2.44. The molecule has 2 aromatic carbocycles. The molecule has 0 saturated carbocycles. The van der Waals surface area contributed by atoms with Crippen LogP contribution in [0.3, 0.4) is 0 Å². The van der Waals surface area contributed by atoms with Crippen LogP contribution in [0.25, 0.3) is 11.1 Å². The summed E-state index contributed by atoms with van der Waals surface area (Å²) in [7, 11) is 0. The zero-order valence-corrected chi connectivity index (χ0v) is 17.1. The Morgan fingerprint density at radius 1 is 0.931 bits per heavy atom. The minimum absolute atomic E-state index is 0.0642. The number of hydrogen-bond acceptors (Lipinski definition) is 4. The molecule has 29 heavy (non-hydrogen) atoms. The summed E-state index contributed by atoms with van der Waals surface area (Å²) in [6.07, 6.45) is 1.32. The van der Waals surface area contributed by atoms with E-state index in [-0.39, 0.29) is 17.8 Å². The quantitative estimate of drug-likeness (QED) is 0.800. The van der Waals surface area contributed by atoms with E-state index in [1.54, 1.807) is 29.2 Å². The Hall–Kier alpha value is -3.02. The van der Waals surface area contributed by atoms with Crippen LogP contribution < -0.4 is 4.74 Å². The Kier molecular flexibility index (Phi) is 6.11. The number of nitrogens with zero attached hydrogens (tertiary/aromatic N) is 1. The summed E-state index contributed by atoms with van der Waals surface area (Å²) in [6, 6.07) is 14.5. The number of carboxylic acids is 1. The normalized spacial score (nSPS) is 15.1. The number of carbonyl (C=O) groups is 2. The first-order valence-corrected chi connectivity index (χ1v) is 9.80. The first-order chi connectivity index (χ1) is 13.7. The van der Waals surface area contributed by atoms with E-state index >= 15 is 0 Å². The molecular formula is C23H27NO5. The highest BCUT2D eigenvalue weighted by molar-refractivity contribution is 5.88. The molecule has 0 spiro atoms. The van der Waals surface area contributed by atoms with Crippen LogP contribution in [-0.2, 0) is 4.74 Å². The summed E-state index contributed by atoms with van der Waals surface area (Å²) in [5.74, 6) is -0.148. The van der Waals surface area contributed by atoms with Gasteiger partial charge in [-0.05, 0) is 56.2 Å². The molecule has 1 amide bonds. The van der Waals surface area contributed by atoms with Gasteiger partial charge in [-0.3, -0.25) is 0 Å². The maximum absolute atomic E-state index is 12.1. The first kappa shape index (κ1) is 20.7. The minimum Gasteiger partial charge on any atom is -0.490 e. The lowest BCUT2D eigenvalue weighted by atomic mass is 10.0. The number of benzene rings is 2. The van der Waals surface area contributed by atoms with Crippen molar-refractivity contribution in [1.82, 2.24) is 4.90 Å². The molecule has 0 aromatic heterocycles. The van der Waals surface area contributed by atoms with Crippen LogP contribution in [-0.4, -0.2) is 46.9 Å². The highest BCUT2D eigenvalue weighted by atomic mass is 16.6. The van der Waals surface area contributed by atoms with Crippen molar-refractivity contribution < 1.29 is 24.2 Å². The molecule has 0 atom stereocenters. The predicted molar refractivity (Wildman–Crippen MR) is 110 cm³/mol. The number of amides is 1.